The molecular weight excluding hydrogens is 480 g/mol. The Morgan fingerprint density at radius 1 is 0.838 bits per heavy atom. The van der Waals surface area contributed by atoms with E-state index in [1.807, 2.05) is 25.1 Å². The lowest BCUT2D eigenvalue weighted by atomic mass is 9.84. The van der Waals surface area contributed by atoms with Crippen LogP contribution in [0.25, 0.3) is 0 Å². The van der Waals surface area contributed by atoms with Crippen LogP contribution in [-0.4, -0.2) is 25.9 Å². The van der Waals surface area contributed by atoms with Crippen LogP contribution >= 0.6 is 0 Å². The summed E-state index contributed by atoms with van der Waals surface area (Å²) in [7, 11) is -2.36. The first-order chi connectivity index (χ1) is 17.4. The minimum atomic E-state index is -2.36. The van der Waals surface area contributed by atoms with Gasteiger partial charge in [-0.25, -0.2) is 0 Å². The third kappa shape index (κ3) is 5.60. The Kier molecular flexibility index (Phi) is 8.86. The van der Waals surface area contributed by atoms with Gasteiger partial charge in [0.15, 0.2) is 5.41 Å². The summed E-state index contributed by atoms with van der Waals surface area (Å²) in [4.78, 5) is 27.8. The Bertz CT molecular complexity index is 1000. The van der Waals surface area contributed by atoms with E-state index in [0.717, 1.165) is 0 Å². The Balaban J connectivity index is 2.07. The van der Waals surface area contributed by atoms with Crippen molar-refractivity contribution in [3.05, 3.63) is 73.3 Å². The number of benzene rings is 2. The van der Waals surface area contributed by atoms with Gasteiger partial charge in [0.05, 0.1) is 5.60 Å². The first-order valence-electron chi connectivity index (χ1n) is 13.3. The van der Waals surface area contributed by atoms with Crippen molar-refractivity contribution in [2.45, 2.75) is 83.5 Å². The standard InChI is InChI=1S/C31H42O5Si/c1-9-25-20-31(28(32)34-26-16-12-10-13-17-26,29(33)35-27-18-14-11-15-19-27)21-30(25,8)36-37(22(2)3,23(4)5)24(6)7/h9-19,22-25H,1,20-21H2,2-8H3/t25-,30-/m0/s1. The molecule has 0 heterocycles. The quantitative estimate of drug-likeness (QED) is 0.105. The smallest absolute Gasteiger partial charge is 0.329 e. The molecule has 0 saturated heterocycles. The fraction of sp³-hybridized carbons (Fsp3) is 0.484. The third-order valence-electron chi connectivity index (χ3n) is 8.10. The van der Waals surface area contributed by atoms with Gasteiger partial charge in [-0.05, 0) is 54.2 Å². The van der Waals surface area contributed by atoms with E-state index in [0.29, 0.717) is 28.1 Å². The van der Waals surface area contributed by atoms with E-state index in [-0.39, 0.29) is 18.8 Å². The Hall–Kier alpha value is -2.70. The molecule has 3 rings (SSSR count). The van der Waals surface area contributed by atoms with Crippen LogP contribution in [0.3, 0.4) is 0 Å². The van der Waals surface area contributed by atoms with Gasteiger partial charge in [0, 0.05) is 12.3 Å². The van der Waals surface area contributed by atoms with E-state index in [1.165, 1.54) is 0 Å². The third-order valence-corrected chi connectivity index (χ3v) is 14.3. The molecule has 0 N–H and O–H groups in total. The number of hydrogen-bond acceptors (Lipinski definition) is 5. The van der Waals surface area contributed by atoms with E-state index < -0.39 is 31.3 Å². The molecule has 0 aliphatic heterocycles. The van der Waals surface area contributed by atoms with E-state index >= 15 is 0 Å². The van der Waals surface area contributed by atoms with Gasteiger partial charge in [-0.3, -0.25) is 9.59 Å². The highest BCUT2D eigenvalue weighted by molar-refractivity contribution is 6.77. The average molecular weight is 523 g/mol. The predicted molar refractivity (Wildman–Crippen MR) is 150 cm³/mol. The lowest BCUT2D eigenvalue weighted by Gasteiger charge is -2.49. The van der Waals surface area contributed by atoms with Gasteiger partial charge >= 0.3 is 11.9 Å². The largest absolute Gasteiger partial charge is 0.426 e. The molecule has 0 spiro atoms. The summed E-state index contributed by atoms with van der Waals surface area (Å²) < 4.78 is 18.9. The van der Waals surface area contributed by atoms with Gasteiger partial charge in [-0.1, -0.05) is 84.0 Å². The monoisotopic (exact) mass is 522 g/mol. The molecule has 1 fully saturated rings. The van der Waals surface area contributed by atoms with E-state index in [1.54, 1.807) is 48.5 Å². The highest BCUT2D eigenvalue weighted by Gasteiger charge is 2.64. The topological polar surface area (TPSA) is 61.8 Å². The zero-order chi connectivity index (χ0) is 27.4. The molecule has 0 bridgehead atoms. The van der Waals surface area contributed by atoms with Crippen molar-refractivity contribution in [3.8, 4) is 11.5 Å². The zero-order valence-corrected chi connectivity index (χ0v) is 24.3. The van der Waals surface area contributed by atoms with Crippen molar-refractivity contribution >= 4 is 20.3 Å². The number of ether oxygens (including phenoxy) is 2. The van der Waals surface area contributed by atoms with Crippen molar-refractivity contribution in [2.75, 3.05) is 0 Å². The zero-order valence-electron chi connectivity index (χ0n) is 23.3. The van der Waals surface area contributed by atoms with Crippen LogP contribution in [-0.2, 0) is 14.0 Å². The first kappa shape index (κ1) is 28.9. The van der Waals surface area contributed by atoms with Crippen LogP contribution in [0, 0.1) is 11.3 Å². The number of hydrogen-bond donors (Lipinski definition) is 0. The van der Waals surface area contributed by atoms with Crippen molar-refractivity contribution in [1.82, 2.24) is 0 Å². The SMILES string of the molecule is C=C[C@H]1CC(C(=O)Oc2ccccc2)(C(=O)Oc2ccccc2)C[C@]1(C)O[Si](C(C)C)(C(C)C)C(C)C. The molecule has 2 aromatic rings. The van der Waals surface area contributed by atoms with Crippen LogP contribution < -0.4 is 9.47 Å². The van der Waals surface area contributed by atoms with Crippen molar-refractivity contribution in [3.63, 3.8) is 0 Å². The van der Waals surface area contributed by atoms with Crippen molar-refractivity contribution in [1.29, 1.82) is 0 Å². The minimum Gasteiger partial charge on any atom is -0.426 e. The maximum absolute atomic E-state index is 13.9. The molecule has 0 radical (unpaired) electrons. The first-order valence-corrected chi connectivity index (χ1v) is 15.4. The van der Waals surface area contributed by atoms with Gasteiger partial charge < -0.3 is 13.9 Å². The van der Waals surface area contributed by atoms with Crippen molar-refractivity contribution < 1.29 is 23.5 Å². The molecular formula is C31H42O5Si. The number of para-hydroxylation sites is 2. The molecule has 6 heteroatoms. The van der Waals surface area contributed by atoms with Crippen molar-refractivity contribution in [2.24, 2.45) is 11.3 Å². The molecule has 2 aromatic carbocycles. The second-order valence-corrected chi connectivity index (χ2v) is 16.8. The number of carbonyl (C=O) groups is 2. The van der Waals surface area contributed by atoms with Gasteiger partial charge in [0.1, 0.15) is 11.5 Å². The minimum absolute atomic E-state index is 0.162. The normalized spacial score (nSPS) is 21.3. The average Bonchev–Trinajstić information content (AvgIpc) is 3.17. The van der Waals surface area contributed by atoms with Crippen LogP contribution in [0.2, 0.25) is 16.6 Å². The highest BCUT2D eigenvalue weighted by Crippen LogP contribution is 2.56. The Morgan fingerprint density at radius 3 is 1.59 bits per heavy atom. The molecule has 5 nitrogen and oxygen atoms in total. The van der Waals surface area contributed by atoms with Gasteiger partial charge in [0.25, 0.3) is 0 Å². The van der Waals surface area contributed by atoms with E-state index in [9.17, 15) is 9.59 Å². The lowest BCUT2D eigenvalue weighted by molar-refractivity contribution is -0.161. The lowest BCUT2D eigenvalue weighted by Crippen LogP contribution is -2.55. The second-order valence-electron chi connectivity index (χ2n) is 11.4. The number of esters is 2. The summed E-state index contributed by atoms with van der Waals surface area (Å²) in [5.74, 6) is -0.699. The van der Waals surface area contributed by atoms with Crippen LogP contribution in [0.1, 0.15) is 61.3 Å². The second kappa shape index (κ2) is 11.4. The van der Waals surface area contributed by atoms with Gasteiger partial charge in [-0.2, -0.15) is 0 Å². The van der Waals surface area contributed by atoms with Gasteiger partial charge in [0.2, 0.25) is 8.32 Å². The summed E-state index contributed by atoms with van der Waals surface area (Å²) in [5, 5.41) is 0. The summed E-state index contributed by atoms with van der Waals surface area (Å²) in [6.45, 7) is 19.5. The molecule has 1 aliphatic rings. The van der Waals surface area contributed by atoms with Gasteiger partial charge in [-0.15, -0.1) is 6.58 Å². The Morgan fingerprint density at radius 2 is 1.24 bits per heavy atom. The maximum atomic E-state index is 13.9. The fourth-order valence-electron chi connectivity index (χ4n) is 6.38. The molecule has 1 saturated carbocycles. The Labute approximate surface area is 223 Å². The molecule has 2 atom stereocenters. The van der Waals surface area contributed by atoms with Crippen LogP contribution in [0.4, 0.5) is 0 Å². The summed E-state index contributed by atoms with van der Waals surface area (Å²) >= 11 is 0. The summed E-state index contributed by atoms with van der Waals surface area (Å²) in [5.41, 5.74) is -1.28. The summed E-state index contributed by atoms with van der Waals surface area (Å²) in [6, 6.07) is 17.7. The van der Waals surface area contributed by atoms with Crippen LogP contribution in [0.5, 0.6) is 11.5 Å². The molecule has 0 amide bonds. The van der Waals surface area contributed by atoms with E-state index in [4.69, 9.17) is 13.9 Å². The highest BCUT2D eigenvalue weighted by atomic mass is 28.4. The fourth-order valence-corrected chi connectivity index (χ4v) is 12.1. The molecule has 37 heavy (non-hydrogen) atoms. The molecule has 0 aromatic heterocycles. The molecule has 0 unspecified atom stereocenters. The predicted octanol–water partition coefficient (Wildman–Crippen LogP) is 7.73. The van der Waals surface area contributed by atoms with E-state index in [2.05, 4.69) is 48.1 Å². The number of rotatable bonds is 10. The maximum Gasteiger partial charge on any atom is 0.329 e. The van der Waals surface area contributed by atoms with Crippen LogP contribution in [0.15, 0.2) is 73.3 Å². The molecule has 200 valence electrons. The number of carbonyl (C=O) groups excluding carboxylic acids is 2. The molecule has 1 aliphatic carbocycles. The summed E-state index contributed by atoms with van der Waals surface area (Å²) in [6.07, 6.45) is 2.20.